The van der Waals surface area contributed by atoms with Crippen LogP contribution in [0.2, 0.25) is 0 Å². The number of nitrogens with zero attached hydrogens (tertiary/aromatic N) is 1. The number of hydrogen-bond acceptors (Lipinski definition) is 6. The van der Waals surface area contributed by atoms with Crippen molar-refractivity contribution in [1.29, 1.82) is 0 Å². The summed E-state index contributed by atoms with van der Waals surface area (Å²) in [6.45, 7) is 4.14. The van der Waals surface area contributed by atoms with E-state index < -0.39 is 16.1 Å². The van der Waals surface area contributed by atoms with Gasteiger partial charge in [-0.25, -0.2) is 13.1 Å². The van der Waals surface area contributed by atoms with Gasteiger partial charge in [-0.15, -0.1) is 0 Å². The molecule has 1 atom stereocenters. The molecule has 4 rings (SSSR count). The number of unbranched alkanes of at least 4 members (excludes halogenated alkanes) is 4. The average Bonchev–Trinajstić information content (AvgIpc) is 3.10. The molecule has 7 nitrogen and oxygen atoms in total. The Morgan fingerprint density at radius 3 is 2.00 bits per heavy atom. The molecule has 0 saturated carbocycles. The highest BCUT2D eigenvalue weighted by molar-refractivity contribution is 7.88. The van der Waals surface area contributed by atoms with Crippen LogP contribution < -0.4 is 9.46 Å². The Bertz CT molecular complexity index is 1550. The number of rotatable bonds is 23. The summed E-state index contributed by atoms with van der Waals surface area (Å²) in [5.74, 6) is 0.586. The monoisotopic (exact) mass is 672 g/mol. The highest BCUT2D eigenvalue weighted by Gasteiger charge is 2.17. The standard InChI is InChI=1S/C40H52N2O5S/c1-48(44,45)41-30-38-29-37(24-25-40(38)47-33-36-22-11-6-12-23-36)39(43)32-42(31-35-20-9-5-10-21-35)26-14-2-3-15-27-46-28-16-13-19-34-17-7-4-8-18-34/h4-12,17-18,20-25,29,39,41,43H,2-3,13-16,19,26-28,30-33H2,1H3. The normalized spacial score (nSPS) is 12.3. The maximum Gasteiger partial charge on any atom is 0.209 e. The molecule has 0 aliphatic rings. The van der Waals surface area contributed by atoms with Crippen LogP contribution in [0.25, 0.3) is 0 Å². The highest BCUT2D eigenvalue weighted by atomic mass is 32.2. The number of sulfonamides is 1. The van der Waals surface area contributed by atoms with Gasteiger partial charge in [-0.3, -0.25) is 4.90 Å². The lowest BCUT2D eigenvalue weighted by molar-refractivity contribution is 0.106. The largest absolute Gasteiger partial charge is 0.489 e. The predicted molar refractivity (Wildman–Crippen MR) is 194 cm³/mol. The van der Waals surface area contributed by atoms with Gasteiger partial charge in [-0.05, 0) is 73.0 Å². The Labute approximate surface area is 288 Å². The van der Waals surface area contributed by atoms with Crippen LogP contribution in [0.5, 0.6) is 5.75 Å². The summed E-state index contributed by atoms with van der Waals surface area (Å²) in [6.07, 6.45) is 8.05. The zero-order valence-electron chi connectivity index (χ0n) is 28.3. The zero-order chi connectivity index (χ0) is 33.9. The van der Waals surface area contributed by atoms with Crippen molar-refractivity contribution < 1.29 is 23.0 Å². The molecule has 4 aromatic carbocycles. The van der Waals surface area contributed by atoms with Crippen LogP contribution in [0.15, 0.2) is 109 Å². The van der Waals surface area contributed by atoms with Gasteiger partial charge in [0.25, 0.3) is 0 Å². The minimum Gasteiger partial charge on any atom is -0.489 e. The van der Waals surface area contributed by atoms with E-state index in [9.17, 15) is 13.5 Å². The minimum atomic E-state index is -3.41. The predicted octanol–water partition coefficient (Wildman–Crippen LogP) is 7.45. The molecule has 0 heterocycles. The Morgan fingerprint density at radius 1 is 0.729 bits per heavy atom. The molecule has 0 saturated heterocycles. The fraction of sp³-hybridized carbons (Fsp3) is 0.400. The van der Waals surface area contributed by atoms with E-state index in [1.807, 2.05) is 66.7 Å². The van der Waals surface area contributed by atoms with Crippen LogP contribution >= 0.6 is 0 Å². The van der Waals surface area contributed by atoms with Crippen molar-refractivity contribution in [3.8, 4) is 5.75 Å². The van der Waals surface area contributed by atoms with E-state index in [0.29, 0.717) is 24.5 Å². The van der Waals surface area contributed by atoms with Gasteiger partial charge in [0.1, 0.15) is 12.4 Å². The Morgan fingerprint density at radius 2 is 1.33 bits per heavy atom. The highest BCUT2D eigenvalue weighted by Crippen LogP contribution is 2.26. The zero-order valence-corrected chi connectivity index (χ0v) is 29.1. The Balaban J connectivity index is 1.26. The van der Waals surface area contributed by atoms with Crippen molar-refractivity contribution >= 4 is 10.0 Å². The SMILES string of the molecule is CS(=O)(=O)NCc1cc(C(O)CN(CCCCCCOCCCCc2ccccc2)Cc2ccccc2)ccc1OCc1ccccc1. The molecular formula is C40H52N2O5S. The molecule has 0 spiro atoms. The van der Waals surface area contributed by atoms with E-state index in [2.05, 4.69) is 52.1 Å². The molecule has 0 fully saturated rings. The van der Waals surface area contributed by atoms with Gasteiger partial charge in [0.2, 0.25) is 10.0 Å². The van der Waals surface area contributed by atoms with Gasteiger partial charge >= 0.3 is 0 Å². The molecule has 48 heavy (non-hydrogen) atoms. The first-order valence-corrected chi connectivity index (χ1v) is 19.0. The van der Waals surface area contributed by atoms with Crippen molar-refractivity contribution in [1.82, 2.24) is 9.62 Å². The van der Waals surface area contributed by atoms with Crippen molar-refractivity contribution in [3.63, 3.8) is 0 Å². The van der Waals surface area contributed by atoms with E-state index >= 15 is 0 Å². The molecule has 0 amide bonds. The average molecular weight is 673 g/mol. The maximum atomic E-state index is 11.9. The molecule has 0 aliphatic carbocycles. The molecule has 8 heteroatoms. The molecular weight excluding hydrogens is 621 g/mol. The summed E-state index contributed by atoms with van der Waals surface area (Å²) in [5.41, 5.74) is 5.02. The number of hydrogen-bond donors (Lipinski definition) is 2. The van der Waals surface area contributed by atoms with Crippen LogP contribution in [-0.2, 0) is 40.9 Å². The number of nitrogens with one attached hydrogen (secondary N) is 1. The first-order chi connectivity index (χ1) is 23.4. The lowest BCUT2D eigenvalue weighted by Crippen LogP contribution is -2.29. The van der Waals surface area contributed by atoms with E-state index in [-0.39, 0.29) is 6.54 Å². The molecule has 0 radical (unpaired) electrons. The molecule has 258 valence electrons. The summed E-state index contributed by atoms with van der Waals surface area (Å²) < 4.78 is 38.3. The van der Waals surface area contributed by atoms with E-state index in [1.165, 1.54) is 11.1 Å². The van der Waals surface area contributed by atoms with Crippen molar-refractivity contribution in [2.24, 2.45) is 0 Å². The molecule has 0 bridgehead atoms. The van der Waals surface area contributed by atoms with Gasteiger partial charge < -0.3 is 14.6 Å². The van der Waals surface area contributed by atoms with Gasteiger partial charge in [0.15, 0.2) is 0 Å². The lowest BCUT2D eigenvalue weighted by Gasteiger charge is -2.26. The van der Waals surface area contributed by atoms with Crippen LogP contribution in [-0.4, -0.2) is 51.0 Å². The first-order valence-electron chi connectivity index (χ1n) is 17.2. The second-order valence-electron chi connectivity index (χ2n) is 12.4. The molecule has 0 aliphatic heterocycles. The van der Waals surface area contributed by atoms with E-state index in [4.69, 9.17) is 9.47 Å². The number of ether oxygens (including phenoxy) is 2. The number of benzene rings is 4. The Kier molecular flexibility index (Phi) is 16.1. The van der Waals surface area contributed by atoms with Crippen LogP contribution in [0.1, 0.15) is 72.4 Å². The number of aliphatic hydroxyl groups excluding tert-OH is 1. The van der Waals surface area contributed by atoms with Gasteiger partial charge in [-0.2, -0.15) is 0 Å². The molecule has 0 aromatic heterocycles. The first kappa shape index (κ1) is 37.3. The second-order valence-corrected chi connectivity index (χ2v) is 14.3. The van der Waals surface area contributed by atoms with Crippen LogP contribution in [0.4, 0.5) is 0 Å². The second kappa shape index (κ2) is 20.8. The maximum absolute atomic E-state index is 11.9. The third-order valence-corrected chi connectivity index (χ3v) is 8.94. The summed E-state index contributed by atoms with van der Waals surface area (Å²) in [6, 6.07) is 36.3. The molecule has 1 unspecified atom stereocenters. The van der Waals surface area contributed by atoms with Gasteiger partial charge in [-0.1, -0.05) is 110 Å². The lowest BCUT2D eigenvalue weighted by atomic mass is 10.0. The number of aryl methyl sites for hydroxylation is 1. The smallest absolute Gasteiger partial charge is 0.209 e. The minimum absolute atomic E-state index is 0.0780. The van der Waals surface area contributed by atoms with E-state index in [1.54, 1.807) is 0 Å². The van der Waals surface area contributed by atoms with Gasteiger partial charge in [0.05, 0.1) is 12.4 Å². The fourth-order valence-electron chi connectivity index (χ4n) is 5.63. The Hall–Kier alpha value is -3.53. The van der Waals surface area contributed by atoms with E-state index in [0.717, 1.165) is 88.6 Å². The van der Waals surface area contributed by atoms with Gasteiger partial charge in [0, 0.05) is 38.4 Å². The molecule has 4 aromatic rings. The fourth-order valence-corrected chi connectivity index (χ4v) is 6.05. The third-order valence-electron chi connectivity index (χ3n) is 8.27. The summed E-state index contributed by atoms with van der Waals surface area (Å²) >= 11 is 0. The van der Waals surface area contributed by atoms with Crippen molar-refractivity contribution in [2.75, 3.05) is 32.6 Å². The topological polar surface area (TPSA) is 88.1 Å². The van der Waals surface area contributed by atoms with Crippen molar-refractivity contribution in [2.45, 2.75) is 70.7 Å². The summed E-state index contributed by atoms with van der Waals surface area (Å²) in [4.78, 5) is 2.30. The summed E-state index contributed by atoms with van der Waals surface area (Å²) in [5, 5.41) is 11.4. The molecule has 2 N–H and O–H groups in total. The van der Waals surface area contributed by atoms with Crippen LogP contribution in [0.3, 0.4) is 0 Å². The van der Waals surface area contributed by atoms with Crippen LogP contribution in [0, 0.1) is 0 Å². The quantitative estimate of drug-likeness (QED) is 0.0797. The summed E-state index contributed by atoms with van der Waals surface area (Å²) in [7, 11) is -3.41. The van der Waals surface area contributed by atoms with Crippen molar-refractivity contribution in [3.05, 3.63) is 137 Å². The third kappa shape index (κ3) is 14.7. The number of aliphatic hydroxyl groups is 1.